The Bertz CT molecular complexity index is 596. The van der Waals surface area contributed by atoms with Crippen molar-refractivity contribution in [1.29, 1.82) is 0 Å². The predicted molar refractivity (Wildman–Crippen MR) is 77.3 cm³/mol. The second kappa shape index (κ2) is 4.49. The van der Waals surface area contributed by atoms with Crippen LogP contribution in [0.4, 0.5) is 5.69 Å². The number of hydrogen-bond acceptors (Lipinski definition) is 3. The van der Waals surface area contributed by atoms with Crippen molar-refractivity contribution < 1.29 is 0 Å². The molecule has 2 aromatic rings. The van der Waals surface area contributed by atoms with Gasteiger partial charge in [0.05, 0.1) is 24.1 Å². The minimum Gasteiger partial charge on any atom is -0.375 e. The van der Waals surface area contributed by atoms with E-state index >= 15 is 0 Å². The maximum Gasteiger partial charge on any atom is 0.115 e. The molecular weight excluding hydrogens is 258 g/mol. The summed E-state index contributed by atoms with van der Waals surface area (Å²) >= 11 is 6.13. The number of nitrogens with one attached hydrogen (secondary N) is 1. The van der Waals surface area contributed by atoms with Crippen LogP contribution >= 0.6 is 11.6 Å². The Morgan fingerprint density at radius 2 is 2.00 bits per heavy atom. The molecule has 1 aromatic heterocycles. The van der Waals surface area contributed by atoms with E-state index in [0.29, 0.717) is 0 Å². The van der Waals surface area contributed by atoms with Gasteiger partial charge in [0, 0.05) is 5.02 Å². The van der Waals surface area contributed by atoms with Gasteiger partial charge in [-0.2, -0.15) is 0 Å². The minimum atomic E-state index is 0.142. The molecule has 1 N–H and O–H groups in total. The molecule has 0 radical (unpaired) electrons. The van der Waals surface area contributed by atoms with Gasteiger partial charge in [-0.3, -0.25) is 0 Å². The van der Waals surface area contributed by atoms with E-state index in [4.69, 9.17) is 11.6 Å². The topological polar surface area (TPSA) is 37.8 Å². The summed E-state index contributed by atoms with van der Waals surface area (Å²) in [4.78, 5) is 8.10. The van der Waals surface area contributed by atoms with Crippen molar-refractivity contribution in [2.75, 3.05) is 5.32 Å². The van der Waals surface area contributed by atoms with Gasteiger partial charge < -0.3 is 5.32 Å². The summed E-state index contributed by atoms with van der Waals surface area (Å²) in [5.41, 5.74) is 3.72. The Labute approximate surface area is 118 Å². The zero-order valence-electron chi connectivity index (χ0n) is 11.0. The van der Waals surface area contributed by atoms with Crippen LogP contribution in [0.2, 0.25) is 5.02 Å². The number of aromatic nitrogens is 2. The van der Waals surface area contributed by atoms with E-state index in [2.05, 4.69) is 41.3 Å². The molecule has 0 fully saturated rings. The summed E-state index contributed by atoms with van der Waals surface area (Å²) in [7, 11) is 0. The molecule has 3 rings (SSSR count). The zero-order valence-corrected chi connectivity index (χ0v) is 11.8. The zero-order chi connectivity index (χ0) is 13.5. The minimum absolute atomic E-state index is 0.142. The van der Waals surface area contributed by atoms with Crippen LogP contribution in [0.25, 0.3) is 0 Å². The van der Waals surface area contributed by atoms with Gasteiger partial charge in [-0.1, -0.05) is 31.5 Å². The number of nitrogens with zero attached hydrogens (tertiary/aromatic N) is 2. The van der Waals surface area contributed by atoms with Crippen LogP contribution in [-0.2, 0) is 6.42 Å². The third-order valence-corrected chi connectivity index (χ3v) is 3.95. The average Bonchev–Trinajstić information content (AvgIpc) is 2.62. The Balaban J connectivity index is 1.98. The van der Waals surface area contributed by atoms with Crippen molar-refractivity contribution in [2.45, 2.75) is 26.3 Å². The van der Waals surface area contributed by atoms with Crippen LogP contribution in [-0.4, -0.2) is 9.97 Å². The lowest BCUT2D eigenvalue weighted by Crippen LogP contribution is -2.24. The summed E-state index contributed by atoms with van der Waals surface area (Å²) < 4.78 is 0. The van der Waals surface area contributed by atoms with Gasteiger partial charge in [-0.05, 0) is 35.1 Å². The number of halogens is 1. The van der Waals surface area contributed by atoms with Crippen LogP contribution in [0.5, 0.6) is 0 Å². The van der Waals surface area contributed by atoms with Crippen molar-refractivity contribution in [1.82, 2.24) is 9.97 Å². The second-order valence-electron chi connectivity index (χ2n) is 5.71. The highest BCUT2D eigenvalue weighted by Crippen LogP contribution is 2.47. The van der Waals surface area contributed by atoms with Crippen LogP contribution < -0.4 is 5.32 Å². The first-order valence-corrected chi connectivity index (χ1v) is 6.74. The largest absolute Gasteiger partial charge is 0.375 e. The lowest BCUT2D eigenvalue weighted by Gasteiger charge is -2.29. The SMILES string of the molecule is CC1(C)Cc2ccc(Cl)cc2C1Nc1cncnc1. The molecule has 98 valence electrons. The summed E-state index contributed by atoms with van der Waals surface area (Å²) in [6.45, 7) is 4.53. The Kier molecular flexibility index (Phi) is 2.94. The number of benzene rings is 1. The molecule has 0 amide bonds. The van der Waals surface area contributed by atoms with Gasteiger partial charge in [0.25, 0.3) is 0 Å². The average molecular weight is 274 g/mol. The summed E-state index contributed by atoms with van der Waals surface area (Å²) in [5, 5.41) is 4.32. The second-order valence-corrected chi connectivity index (χ2v) is 6.15. The molecule has 0 bridgehead atoms. The van der Waals surface area contributed by atoms with Gasteiger partial charge >= 0.3 is 0 Å². The molecular formula is C15H16ClN3. The fourth-order valence-electron chi connectivity index (χ4n) is 2.82. The van der Waals surface area contributed by atoms with E-state index in [-0.39, 0.29) is 11.5 Å². The van der Waals surface area contributed by atoms with E-state index < -0.39 is 0 Å². The molecule has 0 aliphatic heterocycles. The first-order chi connectivity index (χ1) is 9.06. The van der Waals surface area contributed by atoms with Crippen molar-refractivity contribution in [3.05, 3.63) is 53.1 Å². The maximum atomic E-state index is 6.13. The van der Waals surface area contributed by atoms with Gasteiger partial charge in [0.15, 0.2) is 0 Å². The third kappa shape index (κ3) is 2.30. The molecule has 4 heteroatoms. The van der Waals surface area contributed by atoms with Gasteiger partial charge in [0.1, 0.15) is 6.33 Å². The highest BCUT2D eigenvalue weighted by molar-refractivity contribution is 6.30. The maximum absolute atomic E-state index is 6.13. The quantitative estimate of drug-likeness (QED) is 0.903. The van der Waals surface area contributed by atoms with Crippen molar-refractivity contribution in [3.63, 3.8) is 0 Å². The molecule has 1 heterocycles. The number of fused-ring (bicyclic) bond motifs is 1. The van der Waals surface area contributed by atoms with Gasteiger partial charge in [0.2, 0.25) is 0 Å². The number of hydrogen-bond donors (Lipinski definition) is 1. The van der Waals surface area contributed by atoms with E-state index in [1.165, 1.54) is 17.5 Å². The van der Waals surface area contributed by atoms with E-state index in [1.54, 1.807) is 12.4 Å². The molecule has 0 saturated heterocycles. The van der Waals surface area contributed by atoms with Crippen molar-refractivity contribution >= 4 is 17.3 Å². The molecule has 0 spiro atoms. The number of anilines is 1. The Morgan fingerprint density at radius 3 is 2.74 bits per heavy atom. The predicted octanol–water partition coefficient (Wildman–Crippen LogP) is 3.87. The smallest absolute Gasteiger partial charge is 0.115 e. The first kappa shape index (κ1) is 12.4. The van der Waals surface area contributed by atoms with Crippen LogP contribution in [0, 0.1) is 5.41 Å². The lowest BCUT2D eigenvalue weighted by atomic mass is 9.85. The summed E-state index contributed by atoms with van der Waals surface area (Å²) in [6, 6.07) is 6.38. The fourth-order valence-corrected chi connectivity index (χ4v) is 3.00. The van der Waals surface area contributed by atoms with Crippen LogP contribution in [0.1, 0.15) is 31.0 Å². The summed E-state index contributed by atoms with van der Waals surface area (Å²) in [6.07, 6.45) is 6.18. The molecule has 1 aromatic carbocycles. The monoisotopic (exact) mass is 273 g/mol. The molecule has 3 nitrogen and oxygen atoms in total. The van der Waals surface area contributed by atoms with E-state index in [9.17, 15) is 0 Å². The first-order valence-electron chi connectivity index (χ1n) is 6.36. The van der Waals surface area contributed by atoms with Crippen molar-refractivity contribution in [3.8, 4) is 0 Å². The van der Waals surface area contributed by atoms with Crippen molar-refractivity contribution in [2.24, 2.45) is 5.41 Å². The van der Waals surface area contributed by atoms with Crippen LogP contribution in [0.15, 0.2) is 36.9 Å². The molecule has 1 aliphatic carbocycles. The standard InChI is InChI=1S/C15H16ClN3/c1-15(2)6-10-3-4-11(16)5-13(10)14(15)19-12-7-17-9-18-8-12/h3-5,7-9,14,19H,6H2,1-2H3. The van der Waals surface area contributed by atoms with Gasteiger partial charge in [-0.15, -0.1) is 0 Å². The highest BCUT2D eigenvalue weighted by atomic mass is 35.5. The lowest BCUT2D eigenvalue weighted by molar-refractivity contribution is 0.337. The van der Waals surface area contributed by atoms with Crippen LogP contribution in [0.3, 0.4) is 0 Å². The Hall–Kier alpha value is -1.61. The third-order valence-electron chi connectivity index (χ3n) is 3.72. The van der Waals surface area contributed by atoms with E-state index in [1.807, 2.05) is 6.07 Å². The fraction of sp³-hybridized carbons (Fsp3) is 0.333. The van der Waals surface area contributed by atoms with Gasteiger partial charge in [-0.25, -0.2) is 9.97 Å². The molecule has 19 heavy (non-hydrogen) atoms. The summed E-state index contributed by atoms with van der Waals surface area (Å²) in [5.74, 6) is 0. The normalized spacial score (nSPS) is 20.1. The molecule has 1 unspecified atom stereocenters. The molecule has 1 aliphatic rings. The Morgan fingerprint density at radius 1 is 1.26 bits per heavy atom. The van der Waals surface area contributed by atoms with E-state index in [0.717, 1.165) is 17.1 Å². The molecule has 0 saturated carbocycles. The molecule has 1 atom stereocenters. The number of rotatable bonds is 2. The highest BCUT2D eigenvalue weighted by Gasteiger charge is 2.39.